The molecule has 0 aliphatic carbocycles. The van der Waals surface area contributed by atoms with Crippen LogP contribution in [-0.4, -0.2) is 30.5 Å². The van der Waals surface area contributed by atoms with E-state index in [4.69, 9.17) is 16.9 Å². The fourth-order valence-corrected chi connectivity index (χ4v) is 2.24. The molecule has 0 amide bonds. The van der Waals surface area contributed by atoms with Crippen molar-refractivity contribution in [1.82, 2.24) is 9.88 Å². The van der Waals surface area contributed by atoms with Gasteiger partial charge in [0.05, 0.1) is 11.6 Å². The van der Waals surface area contributed by atoms with Crippen molar-refractivity contribution >= 4 is 17.4 Å². The van der Waals surface area contributed by atoms with Gasteiger partial charge in [-0.2, -0.15) is 5.26 Å². The van der Waals surface area contributed by atoms with Gasteiger partial charge in [0.2, 0.25) is 0 Å². The molecule has 1 heterocycles. The van der Waals surface area contributed by atoms with Crippen LogP contribution in [0.1, 0.15) is 17.2 Å². The maximum Gasteiger partial charge on any atom is 0.143 e. The van der Waals surface area contributed by atoms with E-state index in [9.17, 15) is 0 Å². The zero-order valence-corrected chi connectivity index (χ0v) is 12.8. The number of hydrogen-bond donors (Lipinski definition) is 1. The lowest BCUT2D eigenvalue weighted by Crippen LogP contribution is -2.27. The van der Waals surface area contributed by atoms with Gasteiger partial charge in [-0.25, -0.2) is 4.98 Å². The highest BCUT2D eigenvalue weighted by Crippen LogP contribution is 2.21. The molecule has 1 unspecified atom stereocenters. The molecule has 0 fully saturated rings. The molecule has 0 aliphatic heterocycles. The maximum absolute atomic E-state index is 9.09. The Bertz CT molecular complexity index is 631. The van der Waals surface area contributed by atoms with Crippen LogP contribution in [0.3, 0.4) is 0 Å². The lowest BCUT2D eigenvalue weighted by atomic mass is 10.1. The first kappa shape index (κ1) is 15.3. The number of nitrogens with zero attached hydrogens (tertiary/aromatic N) is 3. The average molecular weight is 301 g/mol. The molecule has 1 N–H and O–H groups in total. The molecule has 1 atom stereocenters. The summed E-state index contributed by atoms with van der Waals surface area (Å²) in [6.07, 6.45) is 1.68. The minimum atomic E-state index is 0.163. The van der Waals surface area contributed by atoms with Crippen LogP contribution in [0.5, 0.6) is 0 Å². The second kappa shape index (κ2) is 7.07. The quantitative estimate of drug-likeness (QED) is 0.920. The number of halogens is 1. The first-order chi connectivity index (χ1) is 10.1. The summed E-state index contributed by atoms with van der Waals surface area (Å²) in [5.41, 5.74) is 1.71. The number of nitrogens with one attached hydrogen (secondary N) is 1. The molecule has 0 radical (unpaired) electrons. The van der Waals surface area contributed by atoms with E-state index in [1.807, 2.05) is 38.4 Å². The van der Waals surface area contributed by atoms with Gasteiger partial charge in [0.1, 0.15) is 11.9 Å². The van der Waals surface area contributed by atoms with Gasteiger partial charge in [0.25, 0.3) is 0 Å². The van der Waals surface area contributed by atoms with E-state index in [1.165, 1.54) is 0 Å². The maximum atomic E-state index is 9.09. The van der Waals surface area contributed by atoms with Crippen molar-refractivity contribution in [2.24, 2.45) is 0 Å². The predicted molar refractivity (Wildman–Crippen MR) is 85.3 cm³/mol. The highest BCUT2D eigenvalue weighted by Gasteiger charge is 2.14. The molecule has 5 heteroatoms. The Hall–Kier alpha value is -2.09. The van der Waals surface area contributed by atoms with Gasteiger partial charge in [0.15, 0.2) is 0 Å². The minimum absolute atomic E-state index is 0.163. The minimum Gasteiger partial charge on any atom is -0.367 e. The highest BCUT2D eigenvalue weighted by atomic mass is 35.5. The van der Waals surface area contributed by atoms with Crippen molar-refractivity contribution in [2.75, 3.05) is 26.0 Å². The smallest absolute Gasteiger partial charge is 0.143 e. The molecule has 21 heavy (non-hydrogen) atoms. The van der Waals surface area contributed by atoms with Crippen LogP contribution < -0.4 is 5.32 Å². The van der Waals surface area contributed by atoms with E-state index >= 15 is 0 Å². The van der Waals surface area contributed by atoms with Crippen molar-refractivity contribution in [3.63, 3.8) is 0 Å². The van der Waals surface area contributed by atoms with Crippen molar-refractivity contribution in [3.8, 4) is 6.07 Å². The topological polar surface area (TPSA) is 52.0 Å². The van der Waals surface area contributed by atoms with E-state index in [2.05, 4.69) is 21.3 Å². The lowest BCUT2D eigenvalue weighted by Gasteiger charge is -2.25. The zero-order chi connectivity index (χ0) is 15.2. The van der Waals surface area contributed by atoms with Crippen molar-refractivity contribution < 1.29 is 0 Å². The second-order valence-corrected chi connectivity index (χ2v) is 5.36. The fraction of sp³-hybridized carbons (Fsp3) is 0.250. The fourth-order valence-electron chi connectivity index (χ4n) is 2.11. The molecule has 2 rings (SSSR count). The summed E-state index contributed by atoms with van der Waals surface area (Å²) in [5.74, 6) is 0.612. The second-order valence-electron chi connectivity index (χ2n) is 4.92. The molecule has 1 aromatic carbocycles. The van der Waals surface area contributed by atoms with Crippen LogP contribution in [-0.2, 0) is 0 Å². The largest absolute Gasteiger partial charge is 0.367 e. The van der Waals surface area contributed by atoms with Gasteiger partial charge in [0, 0.05) is 17.8 Å². The number of aromatic nitrogens is 1. The average Bonchev–Trinajstić information content (AvgIpc) is 2.49. The van der Waals surface area contributed by atoms with Gasteiger partial charge >= 0.3 is 0 Å². The van der Waals surface area contributed by atoms with Crippen LogP contribution in [0.2, 0.25) is 5.02 Å². The number of pyridine rings is 1. The normalized spacial score (nSPS) is 12.0. The van der Waals surface area contributed by atoms with E-state index < -0.39 is 0 Å². The number of hydrogen-bond acceptors (Lipinski definition) is 4. The predicted octanol–water partition coefficient (Wildman–Crippen LogP) is 3.32. The lowest BCUT2D eigenvalue weighted by molar-refractivity contribution is 0.311. The summed E-state index contributed by atoms with van der Waals surface area (Å²) in [7, 11) is 4.04. The van der Waals surface area contributed by atoms with E-state index in [-0.39, 0.29) is 6.04 Å². The third-order valence-corrected chi connectivity index (χ3v) is 3.52. The number of nitriles is 1. The summed E-state index contributed by atoms with van der Waals surface area (Å²) in [4.78, 5) is 6.33. The van der Waals surface area contributed by atoms with Crippen molar-refractivity contribution in [1.29, 1.82) is 5.26 Å². The standard InChI is InChI=1S/C16H17ClN4/c1-21(2)15(12-5-7-14(17)8-6-12)11-20-16-13(10-18)4-3-9-19-16/h3-9,15H,11H2,1-2H3,(H,19,20). The Morgan fingerprint density at radius 3 is 2.62 bits per heavy atom. The molecular formula is C16H17ClN4. The molecule has 0 spiro atoms. The Kier molecular flexibility index (Phi) is 5.15. The Morgan fingerprint density at radius 2 is 2.00 bits per heavy atom. The van der Waals surface area contributed by atoms with E-state index in [0.717, 1.165) is 10.6 Å². The summed E-state index contributed by atoms with van der Waals surface area (Å²) in [5, 5.41) is 13.1. The molecule has 2 aromatic rings. The molecule has 0 aliphatic rings. The summed E-state index contributed by atoms with van der Waals surface area (Å²) in [6.45, 7) is 0.653. The molecular weight excluding hydrogens is 284 g/mol. The molecule has 1 aromatic heterocycles. The number of likely N-dealkylation sites (N-methyl/N-ethyl adjacent to an activating group) is 1. The highest BCUT2D eigenvalue weighted by molar-refractivity contribution is 6.30. The Morgan fingerprint density at radius 1 is 1.29 bits per heavy atom. The van der Waals surface area contributed by atoms with Crippen LogP contribution in [0.25, 0.3) is 0 Å². The Balaban J connectivity index is 2.14. The molecule has 108 valence electrons. The summed E-state index contributed by atoms with van der Waals surface area (Å²) < 4.78 is 0. The monoisotopic (exact) mass is 300 g/mol. The Labute approximate surface area is 130 Å². The molecule has 0 saturated heterocycles. The molecule has 0 saturated carbocycles. The summed E-state index contributed by atoms with van der Waals surface area (Å²) in [6, 6.07) is 13.6. The van der Waals surface area contributed by atoms with E-state index in [0.29, 0.717) is 17.9 Å². The molecule has 0 bridgehead atoms. The van der Waals surface area contributed by atoms with Gasteiger partial charge in [-0.05, 0) is 43.9 Å². The number of anilines is 1. The third kappa shape index (κ3) is 3.94. The van der Waals surface area contributed by atoms with E-state index in [1.54, 1.807) is 18.3 Å². The third-order valence-electron chi connectivity index (χ3n) is 3.27. The first-order valence-electron chi connectivity index (χ1n) is 6.62. The van der Waals surface area contributed by atoms with Gasteiger partial charge in [-0.15, -0.1) is 0 Å². The van der Waals surface area contributed by atoms with Gasteiger partial charge in [-0.1, -0.05) is 23.7 Å². The number of benzene rings is 1. The zero-order valence-electron chi connectivity index (χ0n) is 12.0. The van der Waals surface area contributed by atoms with Crippen LogP contribution in [0.15, 0.2) is 42.6 Å². The van der Waals surface area contributed by atoms with Gasteiger partial charge in [-0.3, -0.25) is 0 Å². The van der Waals surface area contributed by atoms with Crippen molar-refractivity contribution in [3.05, 3.63) is 58.7 Å². The summed E-state index contributed by atoms with van der Waals surface area (Å²) >= 11 is 5.93. The van der Waals surface area contributed by atoms with Crippen molar-refractivity contribution in [2.45, 2.75) is 6.04 Å². The molecule has 4 nitrogen and oxygen atoms in total. The SMILES string of the molecule is CN(C)C(CNc1ncccc1C#N)c1ccc(Cl)cc1. The van der Waals surface area contributed by atoms with Crippen LogP contribution in [0, 0.1) is 11.3 Å². The van der Waals surface area contributed by atoms with Crippen LogP contribution in [0.4, 0.5) is 5.82 Å². The first-order valence-corrected chi connectivity index (χ1v) is 7.00. The van der Waals surface area contributed by atoms with Crippen LogP contribution >= 0.6 is 11.6 Å². The van der Waals surface area contributed by atoms with Gasteiger partial charge < -0.3 is 10.2 Å². The number of rotatable bonds is 5.